The van der Waals surface area contributed by atoms with E-state index >= 15 is 0 Å². The van der Waals surface area contributed by atoms with Crippen molar-refractivity contribution < 1.29 is 4.74 Å². The molecule has 0 spiro atoms. The molecule has 4 aromatic rings. The normalized spacial score (nSPS) is 11.6. The van der Waals surface area contributed by atoms with Crippen molar-refractivity contribution in [3.63, 3.8) is 0 Å². The van der Waals surface area contributed by atoms with Gasteiger partial charge in [0, 0.05) is 36.6 Å². The van der Waals surface area contributed by atoms with Crippen LogP contribution in [0.1, 0.15) is 19.5 Å². The molecule has 0 saturated carbocycles. The first-order valence-corrected chi connectivity index (χ1v) is 12.3. The average molecular weight is 487 g/mol. The van der Waals surface area contributed by atoms with Crippen LogP contribution < -0.4 is 15.6 Å². The summed E-state index contributed by atoms with van der Waals surface area (Å²) >= 11 is 0. The average Bonchev–Trinajstić information content (AvgIpc) is 3.13. The molecular formula is C28H34N6O2. The zero-order valence-electron chi connectivity index (χ0n) is 21.7. The molecule has 0 saturated heterocycles. The standard InChI is InChI=1S/C28H34N6O2/c1-6-33(7-2)18-17-29-25-15-16-26(24-19-22(36-5)13-14-23(24)25)30-31-27-20(3)32(4)34(28(27)35)21-11-9-8-10-12-21/h8-16,19,29H,6-7,17-18H2,1-5H3. The summed E-state index contributed by atoms with van der Waals surface area (Å²) in [6.07, 6.45) is 0. The van der Waals surface area contributed by atoms with Crippen molar-refractivity contribution in [2.45, 2.75) is 20.8 Å². The van der Waals surface area contributed by atoms with Gasteiger partial charge in [-0.3, -0.25) is 9.48 Å². The third kappa shape index (κ3) is 5.04. The number of hydrogen-bond acceptors (Lipinski definition) is 6. The third-order valence-corrected chi connectivity index (χ3v) is 6.62. The van der Waals surface area contributed by atoms with Crippen LogP contribution in [0, 0.1) is 6.92 Å². The second-order valence-electron chi connectivity index (χ2n) is 8.61. The SMILES string of the molecule is CCN(CC)CCNc1ccc(N=Nc2c(C)n(C)n(-c3ccccc3)c2=O)c2cc(OC)ccc12. The molecule has 188 valence electrons. The second-order valence-corrected chi connectivity index (χ2v) is 8.61. The number of nitrogens with one attached hydrogen (secondary N) is 1. The van der Waals surface area contributed by atoms with E-state index in [-0.39, 0.29) is 5.56 Å². The quantitative estimate of drug-likeness (QED) is 0.287. The smallest absolute Gasteiger partial charge is 0.299 e. The van der Waals surface area contributed by atoms with Gasteiger partial charge in [0.25, 0.3) is 5.56 Å². The van der Waals surface area contributed by atoms with Gasteiger partial charge in [0.05, 0.1) is 24.2 Å². The van der Waals surface area contributed by atoms with Gasteiger partial charge < -0.3 is 15.0 Å². The van der Waals surface area contributed by atoms with Gasteiger partial charge in [-0.25, -0.2) is 4.68 Å². The first-order chi connectivity index (χ1) is 17.5. The predicted octanol–water partition coefficient (Wildman–Crippen LogP) is 5.82. The Hall–Kier alpha value is -3.91. The lowest BCUT2D eigenvalue weighted by molar-refractivity contribution is 0.316. The Morgan fingerprint density at radius 3 is 2.42 bits per heavy atom. The van der Waals surface area contributed by atoms with Crippen molar-refractivity contribution in [3.05, 3.63) is 76.7 Å². The van der Waals surface area contributed by atoms with E-state index in [0.29, 0.717) is 11.4 Å². The number of azo groups is 1. The molecule has 0 amide bonds. The van der Waals surface area contributed by atoms with E-state index in [0.717, 1.165) is 59.8 Å². The molecule has 4 rings (SSSR count). The van der Waals surface area contributed by atoms with E-state index in [1.54, 1.807) is 16.5 Å². The highest BCUT2D eigenvalue weighted by Gasteiger charge is 2.16. The molecule has 0 aliphatic rings. The molecule has 0 aliphatic carbocycles. The molecule has 0 atom stereocenters. The van der Waals surface area contributed by atoms with E-state index < -0.39 is 0 Å². The zero-order chi connectivity index (χ0) is 25.7. The Morgan fingerprint density at radius 2 is 1.72 bits per heavy atom. The minimum absolute atomic E-state index is 0.207. The highest BCUT2D eigenvalue weighted by Crippen LogP contribution is 2.35. The molecule has 0 unspecified atom stereocenters. The van der Waals surface area contributed by atoms with Gasteiger partial charge in [0.1, 0.15) is 5.75 Å². The number of anilines is 1. The lowest BCUT2D eigenvalue weighted by Crippen LogP contribution is -2.28. The van der Waals surface area contributed by atoms with E-state index in [1.165, 1.54) is 0 Å². The van der Waals surface area contributed by atoms with E-state index in [4.69, 9.17) is 4.74 Å². The summed E-state index contributed by atoms with van der Waals surface area (Å²) in [5.74, 6) is 0.738. The number of hydrogen-bond donors (Lipinski definition) is 1. The number of para-hydroxylation sites is 1. The van der Waals surface area contributed by atoms with E-state index in [1.807, 2.05) is 74.6 Å². The molecule has 0 fully saturated rings. The fourth-order valence-corrected chi connectivity index (χ4v) is 4.34. The molecule has 0 radical (unpaired) electrons. The van der Waals surface area contributed by atoms with Crippen molar-refractivity contribution in [2.24, 2.45) is 17.3 Å². The summed E-state index contributed by atoms with van der Waals surface area (Å²) in [5, 5.41) is 14.5. The van der Waals surface area contributed by atoms with Crippen LogP contribution in [0.2, 0.25) is 0 Å². The van der Waals surface area contributed by atoms with Crippen LogP contribution in [0.15, 0.2) is 75.7 Å². The molecule has 36 heavy (non-hydrogen) atoms. The minimum atomic E-state index is -0.207. The number of benzene rings is 3. The van der Waals surface area contributed by atoms with Gasteiger partial charge in [-0.15, -0.1) is 10.2 Å². The van der Waals surface area contributed by atoms with Crippen molar-refractivity contribution in [3.8, 4) is 11.4 Å². The predicted molar refractivity (Wildman–Crippen MR) is 147 cm³/mol. The monoisotopic (exact) mass is 486 g/mol. The van der Waals surface area contributed by atoms with E-state index in [2.05, 4.69) is 34.3 Å². The largest absolute Gasteiger partial charge is 0.497 e. The van der Waals surface area contributed by atoms with Crippen LogP contribution in [0.4, 0.5) is 17.1 Å². The van der Waals surface area contributed by atoms with Crippen molar-refractivity contribution >= 4 is 27.8 Å². The van der Waals surface area contributed by atoms with Gasteiger partial charge in [-0.1, -0.05) is 32.0 Å². The Balaban J connectivity index is 1.70. The van der Waals surface area contributed by atoms with Crippen LogP contribution in [0.3, 0.4) is 0 Å². The van der Waals surface area contributed by atoms with Gasteiger partial charge >= 0.3 is 0 Å². The summed E-state index contributed by atoms with van der Waals surface area (Å²) in [4.78, 5) is 15.6. The summed E-state index contributed by atoms with van der Waals surface area (Å²) in [5.41, 5.74) is 3.34. The van der Waals surface area contributed by atoms with Crippen LogP contribution >= 0.6 is 0 Å². The topological polar surface area (TPSA) is 76.1 Å². The maximum atomic E-state index is 13.2. The molecule has 1 N–H and O–H groups in total. The van der Waals surface area contributed by atoms with Gasteiger partial charge in [0.15, 0.2) is 5.69 Å². The van der Waals surface area contributed by atoms with Crippen LogP contribution in [-0.2, 0) is 7.05 Å². The fraction of sp³-hybridized carbons (Fsp3) is 0.321. The Bertz CT molecular complexity index is 1420. The molecule has 3 aromatic carbocycles. The van der Waals surface area contributed by atoms with Gasteiger partial charge in [-0.05, 0) is 62.5 Å². The fourth-order valence-electron chi connectivity index (χ4n) is 4.34. The van der Waals surface area contributed by atoms with Crippen LogP contribution in [0.5, 0.6) is 5.75 Å². The number of ether oxygens (including phenoxy) is 1. The third-order valence-electron chi connectivity index (χ3n) is 6.62. The Kier molecular flexibility index (Phi) is 7.85. The van der Waals surface area contributed by atoms with Crippen molar-refractivity contribution in [2.75, 3.05) is 38.6 Å². The highest BCUT2D eigenvalue weighted by molar-refractivity contribution is 6.01. The molecular weight excluding hydrogens is 452 g/mol. The van der Waals surface area contributed by atoms with Gasteiger partial charge in [-0.2, -0.15) is 0 Å². The van der Waals surface area contributed by atoms with Crippen LogP contribution in [0.25, 0.3) is 16.5 Å². The molecule has 8 nitrogen and oxygen atoms in total. The highest BCUT2D eigenvalue weighted by atomic mass is 16.5. The number of aromatic nitrogens is 2. The maximum Gasteiger partial charge on any atom is 0.299 e. The lowest BCUT2D eigenvalue weighted by atomic mass is 10.1. The number of rotatable bonds is 10. The maximum absolute atomic E-state index is 13.2. The summed E-state index contributed by atoms with van der Waals surface area (Å²) in [7, 11) is 3.50. The Morgan fingerprint density at radius 1 is 0.972 bits per heavy atom. The molecule has 8 heteroatoms. The van der Waals surface area contributed by atoms with Crippen molar-refractivity contribution in [1.29, 1.82) is 0 Å². The zero-order valence-corrected chi connectivity index (χ0v) is 21.7. The minimum Gasteiger partial charge on any atom is -0.497 e. The summed E-state index contributed by atoms with van der Waals surface area (Å²) in [6, 6.07) is 19.4. The van der Waals surface area contributed by atoms with Crippen LogP contribution in [-0.4, -0.2) is 47.6 Å². The molecule has 0 aliphatic heterocycles. The molecule has 1 aromatic heterocycles. The van der Waals surface area contributed by atoms with Crippen molar-refractivity contribution in [1.82, 2.24) is 14.3 Å². The number of likely N-dealkylation sites (N-methyl/N-ethyl adjacent to an activating group) is 1. The summed E-state index contributed by atoms with van der Waals surface area (Å²) in [6.45, 7) is 10.1. The number of methoxy groups -OCH3 is 1. The van der Waals surface area contributed by atoms with Gasteiger partial charge in [0.2, 0.25) is 0 Å². The van der Waals surface area contributed by atoms with E-state index in [9.17, 15) is 4.79 Å². The number of fused-ring (bicyclic) bond motifs is 1. The molecule has 0 bridgehead atoms. The molecule has 1 heterocycles. The first-order valence-electron chi connectivity index (χ1n) is 12.3. The summed E-state index contributed by atoms with van der Waals surface area (Å²) < 4.78 is 8.88. The first kappa shape index (κ1) is 25.2. The number of nitrogens with zero attached hydrogens (tertiary/aromatic N) is 5. The second kappa shape index (κ2) is 11.2. The lowest BCUT2D eigenvalue weighted by Gasteiger charge is -2.19. The Labute approximate surface area is 211 Å².